The molecule has 1 aliphatic rings. The zero-order chi connectivity index (χ0) is 21.3. The molecule has 3 aromatic rings. The number of hydrogen-bond acceptors (Lipinski definition) is 4. The highest BCUT2D eigenvalue weighted by Gasteiger charge is 2.24. The van der Waals surface area contributed by atoms with E-state index >= 15 is 0 Å². The number of aromatic hydroxyl groups is 1. The number of fused-ring (bicyclic) bond motifs is 1. The number of hydrogen-bond donors (Lipinski definition) is 1. The van der Waals surface area contributed by atoms with Crippen molar-refractivity contribution < 1.29 is 9.90 Å². The molecule has 1 aliphatic heterocycles. The molecule has 5 heteroatoms. The van der Waals surface area contributed by atoms with E-state index in [1.165, 1.54) is 0 Å². The second kappa shape index (κ2) is 8.27. The summed E-state index contributed by atoms with van der Waals surface area (Å²) in [7, 11) is 0. The monoisotopic (exact) mass is 401 g/mol. The lowest BCUT2D eigenvalue weighted by Crippen LogP contribution is -2.33. The number of benzene rings is 2. The first-order valence-electron chi connectivity index (χ1n) is 10.5. The van der Waals surface area contributed by atoms with Gasteiger partial charge in [0.25, 0.3) is 5.91 Å². The lowest BCUT2D eigenvalue weighted by atomic mass is 10.00. The van der Waals surface area contributed by atoms with Crippen LogP contribution < -0.4 is 0 Å². The molecular weight excluding hydrogens is 374 g/mol. The van der Waals surface area contributed by atoms with Gasteiger partial charge in [0.2, 0.25) is 0 Å². The van der Waals surface area contributed by atoms with Gasteiger partial charge in [-0.3, -0.25) is 4.79 Å². The van der Waals surface area contributed by atoms with Crippen LogP contribution in [0.15, 0.2) is 48.5 Å². The first-order chi connectivity index (χ1) is 14.4. The van der Waals surface area contributed by atoms with Crippen molar-refractivity contribution in [3.63, 3.8) is 0 Å². The highest BCUT2D eigenvalue weighted by atomic mass is 16.3. The maximum absolute atomic E-state index is 13.0. The molecule has 0 radical (unpaired) electrons. The Balaban J connectivity index is 1.68. The molecule has 0 atom stereocenters. The Morgan fingerprint density at radius 3 is 2.30 bits per heavy atom. The molecule has 1 N–H and O–H groups in total. The van der Waals surface area contributed by atoms with Crippen molar-refractivity contribution in [1.29, 1.82) is 0 Å². The van der Waals surface area contributed by atoms with Crippen molar-refractivity contribution in [1.82, 2.24) is 14.9 Å². The number of aromatic nitrogens is 2. The third-order valence-corrected chi connectivity index (χ3v) is 5.60. The number of phenols is 1. The van der Waals surface area contributed by atoms with Gasteiger partial charge >= 0.3 is 0 Å². The lowest BCUT2D eigenvalue weighted by Gasteiger charge is -2.20. The van der Waals surface area contributed by atoms with E-state index in [0.29, 0.717) is 25.9 Å². The average molecular weight is 402 g/mol. The van der Waals surface area contributed by atoms with Gasteiger partial charge in [-0.25, -0.2) is 9.97 Å². The van der Waals surface area contributed by atoms with Crippen molar-refractivity contribution in [3.8, 4) is 17.0 Å². The number of nitrogens with zero attached hydrogens (tertiary/aromatic N) is 3. The zero-order valence-electron chi connectivity index (χ0n) is 17.7. The van der Waals surface area contributed by atoms with E-state index in [9.17, 15) is 9.90 Å². The molecule has 30 heavy (non-hydrogen) atoms. The Hall–Kier alpha value is -3.21. The fourth-order valence-electron chi connectivity index (χ4n) is 3.82. The second-order valence-corrected chi connectivity index (χ2v) is 8.22. The van der Waals surface area contributed by atoms with Crippen LogP contribution in [-0.4, -0.2) is 39.0 Å². The van der Waals surface area contributed by atoms with Crippen LogP contribution in [0.3, 0.4) is 0 Å². The molecular formula is C25H27N3O2. The molecule has 0 unspecified atom stereocenters. The van der Waals surface area contributed by atoms with Gasteiger partial charge in [-0.2, -0.15) is 0 Å². The van der Waals surface area contributed by atoms with Crippen LogP contribution in [0.5, 0.6) is 5.75 Å². The van der Waals surface area contributed by atoms with E-state index in [1.54, 1.807) is 12.1 Å². The molecule has 1 amide bonds. The normalized spacial score (nSPS) is 13.8. The zero-order valence-corrected chi connectivity index (χ0v) is 17.7. The minimum absolute atomic E-state index is 0.0611. The number of carbonyl (C=O) groups is 1. The van der Waals surface area contributed by atoms with Gasteiger partial charge in [0.15, 0.2) is 0 Å². The summed E-state index contributed by atoms with van der Waals surface area (Å²) in [5.74, 6) is 1.32. The van der Waals surface area contributed by atoms with E-state index in [-0.39, 0.29) is 17.6 Å². The molecule has 0 spiro atoms. The van der Waals surface area contributed by atoms with E-state index < -0.39 is 0 Å². The predicted octanol–water partition coefficient (Wildman–Crippen LogP) is 4.52. The van der Waals surface area contributed by atoms with Gasteiger partial charge in [0.05, 0.1) is 5.69 Å². The Morgan fingerprint density at radius 2 is 1.63 bits per heavy atom. The number of amides is 1. The fraction of sp³-hybridized carbons (Fsp3) is 0.320. The third-order valence-electron chi connectivity index (χ3n) is 5.60. The van der Waals surface area contributed by atoms with Gasteiger partial charge in [0.1, 0.15) is 11.6 Å². The summed E-state index contributed by atoms with van der Waals surface area (Å²) in [5, 5.41) is 9.67. The fourth-order valence-corrected chi connectivity index (χ4v) is 3.82. The summed E-state index contributed by atoms with van der Waals surface area (Å²) >= 11 is 0. The smallest absolute Gasteiger partial charge is 0.253 e. The summed E-state index contributed by atoms with van der Waals surface area (Å²) in [6.45, 7) is 7.48. The average Bonchev–Trinajstić information content (AvgIpc) is 2.96. The van der Waals surface area contributed by atoms with Crippen LogP contribution >= 0.6 is 0 Å². The Morgan fingerprint density at radius 1 is 0.967 bits per heavy atom. The molecule has 0 bridgehead atoms. The minimum atomic E-state index is 0.0611. The van der Waals surface area contributed by atoms with Gasteiger partial charge in [-0.05, 0) is 49.7 Å². The van der Waals surface area contributed by atoms with Gasteiger partial charge in [0, 0.05) is 47.8 Å². The van der Waals surface area contributed by atoms with Crippen LogP contribution in [0.2, 0.25) is 0 Å². The predicted molar refractivity (Wildman–Crippen MR) is 118 cm³/mol. The van der Waals surface area contributed by atoms with E-state index in [0.717, 1.165) is 39.5 Å². The molecule has 2 heterocycles. The number of rotatable bonds is 3. The summed E-state index contributed by atoms with van der Waals surface area (Å²) in [5.41, 5.74) is 5.87. The highest BCUT2D eigenvalue weighted by molar-refractivity contribution is 5.94. The van der Waals surface area contributed by atoms with Gasteiger partial charge in [-0.15, -0.1) is 0 Å². The first kappa shape index (κ1) is 20.1. The summed E-state index contributed by atoms with van der Waals surface area (Å²) in [6, 6.07) is 14.9. The summed E-state index contributed by atoms with van der Waals surface area (Å²) < 4.78 is 0. The van der Waals surface area contributed by atoms with E-state index in [1.807, 2.05) is 48.2 Å². The SMILES string of the molecule is Cc1ccc(C(=O)N2CCc3nc(C(C)C)nc(-c4ccc(O)cc4)c3CC2)cc1. The first-order valence-corrected chi connectivity index (χ1v) is 10.5. The molecule has 0 saturated carbocycles. The lowest BCUT2D eigenvalue weighted by molar-refractivity contribution is 0.0763. The van der Waals surface area contributed by atoms with Crippen molar-refractivity contribution in [2.24, 2.45) is 0 Å². The molecule has 4 rings (SSSR count). The van der Waals surface area contributed by atoms with Crippen LogP contribution in [0, 0.1) is 6.92 Å². The number of aryl methyl sites for hydroxylation is 1. The van der Waals surface area contributed by atoms with Crippen LogP contribution in [0.1, 0.15) is 52.8 Å². The number of carbonyl (C=O) groups excluding carboxylic acids is 1. The molecule has 0 aliphatic carbocycles. The van der Waals surface area contributed by atoms with Crippen LogP contribution in [0.25, 0.3) is 11.3 Å². The third kappa shape index (κ3) is 4.06. The summed E-state index contributed by atoms with van der Waals surface area (Å²) in [4.78, 5) is 24.7. The van der Waals surface area contributed by atoms with Gasteiger partial charge < -0.3 is 10.0 Å². The van der Waals surface area contributed by atoms with Crippen molar-refractivity contribution >= 4 is 5.91 Å². The quantitative estimate of drug-likeness (QED) is 0.701. The van der Waals surface area contributed by atoms with E-state index in [4.69, 9.17) is 9.97 Å². The molecule has 0 fully saturated rings. The molecule has 2 aromatic carbocycles. The van der Waals surface area contributed by atoms with Crippen molar-refractivity contribution in [2.75, 3.05) is 13.1 Å². The number of phenolic OH excluding ortho intramolecular Hbond substituents is 1. The van der Waals surface area contributed by atoms with E-state index in [2.05, 4.69) is 13.8 Å². The van der Waals surface area contributed by atoms with Crippen LogP contribution in [0.4, 0.5) is 0 Å². The maximum atomic E-state index is 13.0. The molecule has 154 valence electrons. The Labute approximate surface area is 177 Å². The second-order valence-electron chi connectivity index (χ2n) is 8.22. The molecule has 0 saturated heterocycles. The Kier molecular flexibility index (Phi) is 5.53. The van der Waals surface area contributed by atoms with Crippen LogP contribution in [-0.2, 0) is 12.8 Å². The summed E-state index contributed by atoms with van der Waals surface area (Å²) in [6.07, 6.45) is 1.42. The van der Waals surface area contributed by atoms with Crippen molar-refractivity contribution in [2.45, 2.75) is 39.5 Å². The topological polar surface area (TPSA) is 66.3 Å². The molecule has 5 nitrogen and oxygen atoms in total. The Bertz CT molecular complexity index is 1060. The molecule has 1 aromatic heterocycles. The van der Waals surface area contributed by atoms with Gasteiger partial charge in [-0.1, -0.05) is 31.5 Å². The minimum Gasteiger partial charge on any atom is -0.508 e. The highest BCUT2D eigenvalue weighted by Crippen LogP contribution is 2.29. The maximum Gasteiger partial charge on any atom is 0.253 e. The van der Waals surface area contributed by atoms with Crippen molar-refractivity contribution in [3.05, 3.63) is 76.7 Å². The standard InChI is InChI=1S/C25H27N3O2/c1-16(2)24-26-22-13-15-28(25(30)19-6-4-17(3)5-7-19)14-12-21(22)23(27-24)18-8-10-20(29)11-9-18/h4-11,16,29H,12-15H2,1-3H3. The largest absolute Gasteiger partial charge is 0.508 e.